The predicted molar refractivity (Wildman–Crippen MR) is 79.2 cm³/mol. The molecule has 0 amide bonds. The molecular weight excluding hydrogens is 274 g/mol. The van der Waals surface area contributed by atoms with Crippen LogP contribution in [0.5, 0.6) is 0 Å². The second-order valence-electron chi connectivity index (χ2n) is 2.04. The summed E-state index contributed by atoms with van der Waals surface area (Å²) in [4.78, 5) is 0. The van der Waals surface area contributed by atoms with E-state index in [1.807, 2.05) is 0 Å². The average Bonchev–Trinajstić information content (AvgIpc) is 1.95. The smallest absolute Gasteiger partial charge is 0.131 e. The molecule has 0 heterocycles. The summed E-state index contributed by atoms with van der Waals surface area (Å²) in [6.07, 6.45) is 2.22. The van der Waals surface area contributed by atoms with Crippen LogP contribution in [0.3, 0.4) is 0 Å². The Kier molecular flexibility index (Phi) is 24.0. The van der Waals surface area contributed by atoms with Crippen molar-refractivity contribution < 1.29 is 0 Å². The minimum absolute atomic E-state index is 0. The summed E-state index contributed by atoms with van der Waals surface area (Å²) in [7, 11) is 0. The Morgan fingerprint density at radius 1 is 0.857 bits per heavy atom. The molecule has 0 rings (SSSR count). The molecule has 2 radical (unpaired) electrons. The van der Waals surface area contributed by atoms with Gasteiger partial charge >= 0.3 is 0 Å². The summed E-state index contributed by atoms with van der Waals surface area (Å²) >= 11 is 12.5. The van der Waals surface area contributed by atoms with Crippen molar-refractivity contribution in [1.29, 1.82) is 0 Å². The van der Waals surface area contributed by atoms with Gasteiger partial charge in [0, 0.05) is 70.6 Å². The standard InChI is InChI=1S/C6H12N2S4.2Na/c7-5(9)11-3-1-2-4-12-6(8)10;;/h1-4H2,(H2,7,9)(H2,8,10);;. The van der Waals surface area contributed by atoms with Crippen LogP contribution < -0.4 is 11.5 Å². The molecule has 0 aromatic rings. The van der Waals surface area contributed by atoms with Crippen LogP contribution in [-0.2, 0) is 0 Å². The second kappa shape index (κ2) is 15.5. The van der Waals surface area contributed by atoms with E-state index in [4.69, 9.17) is 35.9 Å². The summed E-state index contributed by atoms with van der Waals surface area (Å²) in [5.74, 6) is 1.99. The molecule has 0 aliphatic carbocycles. The summed E-state index contributed by atoms with van der Waals surface area (Å²) in [5.41, 5.74) is 10.6. The van der Waals surface area contributed by atoms with Crippen molar-refractivity contribution in [2.24, 2.45) is 11.5 Å². The summed E-state index contributed by atoms with van der Waals surface area (Å²) in [6.45, 7) is 0. The number of rotatable bonds is 5. The molecule has 0 aliphatic heterocycles. The molecule has 0 aromatic carbocycles. The number of thioether (sulfide) groups is 2. The van der Waals surface area contributed by atoms with Crippen molar-refractivity contribution >= 4 is 116 Å². The maximum atomic E-state index is 5.30. The van der Waals surface area contributed by atoms with Gasteiger partial charge in [-0.2, -0.15) is 0 Å². The zero-order chi connectivity index (χ0) is 9.40. The fourth-order valence-corrected chi connectivity index (χ4v) is 2.15. The predicted octanol–water partition coefficient (Wildman–Crippen LogP) is 0.959. The molecule has 0 bridgehead atoms. The first-order chi connectivity index (χ1) is 5.63. The van der Waals surface area contributed by atoms with E-state index in [0.717, 1.165) is 24.3 Å². The van der Waals surface area contributed by atoms with E-state index in [2.05, 4.69) is 0 Å². The number of unbranched alkanes of at least 4 members (excludes halogenated alkanes) is 1. The van der Waals surface area contributed by atoms with Crippen molar-refractivity contribution in [3.8, 4) is 0 Å². The third-order valence-electron chi connectivity index (χ3n) is 1.03. The molecule has 0 saturated heterocycles. The van der Waals surface area contributed by atoms with E-state index in [1.165, 1.54) is 23.5 Å². The molecule has 0 fully saturated rings. The van der Waals surface area contributed by atoms with Crippen LogP contribution in [0.25, 0.3) is 0 Å². The van der Waals surface area contributed by atoms with Crippen molar-refractivity contribution in [3.05, 3.63) is 0 Å². The minimum atomic E-state index is 0. The summed E-state index contributed by atoms with van der Waals surface area (Å²) < 4.78 is 1.05. The molecule has 2 nitrogen and oxygen atoms in total. The first kappa shape index (κ1) is 21.7. The second-order valence-corrected chi connectivity index (χ2v) is 5.71. The van der Waals surface area contributed by atoms with Gasteiger partial charge in [0.1, 0.15) is 8.64 Å². The molecule has 4 N–H and O–H groups in total. The van der Waals surface area contributed by atoms with Crippen LogP contribution in [0.1, 0.15) is 12.8 Å². The van der Waals surface area contributed by atoms with Crippen LogP contribution in [0.2, 0.25) is 0 Å². The van der Waals surface area contributed by atoms with Gasteiger partial charge in [0.2, 0.25) is 0 Å². The molecule has 8 heteroatoms. The quantitative estimate of drug-likeness (QED) is 0.446. The van der Waals surface area contributed by atoms with Crippen molar-refractivity contribution in [2.75, 3.05) is 11.5 Å². The van der Waals surface area contributed by atoms with Crippen molar-refractivity contribution in [1.82, 2.24) is 0 Å². The van der Waals surface area contributed by atoms with Crippen LogP contribution in [0.15, 0.2) is 0 Å². The maximum Gasteiger partial charge on any atom is 0.131 e. The van der Waals surface area contributed by atoms with E-state index in [1.54, 1.807) is 0 Å². The molecular formula is C6H12N2Na2S4. The largest absolute Gasteiger partial charge is 0.385 e. The van der Waals surface area contributed by atoms with Crippen LogP contribution in [0, 0.1) is 0 Å². The van der Waals surface area contributed by atoms with E-state index in [0.29, 0.717) is 8.64 Å². The van der Waals surface area contributed by atoms with Gasteiger partial charge < -0.3 is 11.5 Å². The molecule has 0 saturated carbocycles. The molecule has 0 spiro atoms. The van der Waals surface area contributed by atoms with Gasteiger partial charge in [-0.1, -0.05) is 48.0 Å². The maximum absolute atomic E-state index is 5.30. The molecule has 72 valence electrons. The topological polar surface area (TPSA) is 52.0 Å². The van der Waals surface area contributed by atoms with Crippen molar-refractivity contribution in [3.63, 3.8) is 0 Å². The molecule has 0 aliphatic rings. The third-order valence-corrected chi connectivity index (χ3v) is 3.29. The van der Waals surface area contributed by atoms with E-state index >= 15 is 0 Å². The van der Waals surface area contributed by atoms with Gasteiger partial charge in [-0.05, 0) is 12.8 Å². The van der Waals surface area contributed by atoms with Crippen LogP contribution in [-0.4, -0.2) is 79.3 Å². The zero-order valence-corrected chi connectivity index (χ0v) is 15.9. The first-order valence-electron chi connectivity index (χ1n) is 3.47. The summed E-state index contributed by atoms with van der Waals surface area (Å²) in [6, 6.07) is 0. The Bertz CT molecular complexity index is 150. The van der Waals surface area contributed by atoms with Gasteiger partial charge in [0.15, 0.2) is 0 Å². The number of hydrogen-bond acceptors (Lipinski definition) is 4. The molecule has 0 unspecified atom stereocenters. The van der Waals surface area contributed by atoms with Gasteiger partial charge in [0.05, 0.1) is 0 Å². The average molecular weight is 286 g/mol. The zero-order valence-electron chi connectivity index (χ0n) is 8.62. The van der Waals surface area contributed by atoms with E-state index in [-0.39, 0.29) is 59.1 Å². The third kappa shape index (κ3) is 20.0. The van der Waals surface area contributed by atoms with E-state index < -0.39 is 0 Å². The summed E-state index contributed by atoms with van der Waals surface area (Å²) in [5, 5.41) is 0. The fraction of sp³-hybridized carbons (Fsp3) is 0.667. The monoisotopic (exact) mass is 286 g/mol. The van der Waals surface area contributed by atoms with Gasteiger partial charge in [-0.15, -0.1) is 0 Å². The van der Waals surface area contributed by atoms with E-state index in [9.17, 15) is 0 Å². The molecule has 0 aromatic heterocycles. The molecule has 14 heavy (non-hydrogen) atoms. The Labute approximate surface area is 149 Å². The minimum Gasteiger partial charge on any atom is -0.385 e. The number of hydrogen-bond donors (Lipinski definition) is 2. The SMILES string of the molecule is NC(=S)SCCCCSC(N)=S.[Na].[Na]. The van der Waals surface area contributed by atoms with Gasteiger partial charge in [0.25, 0.3) is 0 Å². The van der Waals surface area contributed by atoms with Crippen LogP contribution in [0.4, 0.5) is 0 Å². The number of thiocarbonyl (C=S) groups is 2. The number of nitrogens with two attached hydrogens (primary N) is 2. The first-order valence-corrected chi connectivity index (χ1v) is 6.26. The van der Waals surface area contributed by atoms with Gasteiger partial charge in [-0.3, -0.25) is 0 Å². The Hall–Kier alpha value is 2.48. The Morgan fingerprint density at radius 2 is 1.14 bits per heavy atom. The Balaban J connectivity index is -0.000000605. The van der Waals surface area contributed by atoms with Crippen molar-refractivity contribution in [2.45, 2.75) is 12.8 Å². The molecule has 0 atom stereocenters. The van der Waals surface area contributed by atoms with Crippen LogP contribution >= 0.6 is 48.0 Å². The fourth-order valence-electron chi connectivity index (χ4n) is 0.550. The van der Waals surface area contributed by atoms with Gasteiger partial charge in [-0.25, -0.2) is 0 Å². The Morgan fingerprint density at radius 3 is 1.36 bits per heavy atom. The normalized spacial score (nSPS) is 8.29.